The Balaban J connectivity index is 2.58. The molecule has 0 radical (unpaired) electrons. The molecule has 0 aromatic carbocycles. The zero-order valence-corrected chi connectivity index (χ0v) is 7.58. The Morgan fingerprint density at radius 2 is 2.36 bits per heavy atom. The molecule has 0 saturated carbocycles. The summed E-state index contributed by atoms with van der Waals surface area (Å²) in [6.07, 6.45) is 1.16. The topological polar surface area (TPSA) is 52.5 Å². The number of H-pyrrole nitrogens is 1. The highest BCUT2D eigenvalue weighted by molar-refractivity contribution is 5.76. The van der Waals surface area contributed by atoms with Crippen molar-refractivity contribution in [1.29, 1.82) is 5.26 Å². The van der Waals surface area contributed by atoms with Crippen LogP contribution in [0, 0.1) is 17.1 Å². The van der Waals surface area contributed by atoms with Gasteiger partial charge >= 0.3 is 0 Å². The van der Waals surface area contributed by atoms with Crippen molar-refractivity contribution in [3.8, 4) is 6.07 Å². The van der Waals surface area contributed by atoms with E-state index in [1.54, 1.807) is 13.0 Å². The van der Waals surface area contributed by atoms with Gasteiger partial charge in [0.25, 0.3) is 0 Å². The van der Waals surface area contributed by atoms with Gasteiger partial charge in [0.15, 0.2) is 0 Å². The number of halogens is 1. The van der Waals surface area contributed by atoms with Gasteiger partial charge in [-0.1, -0.05) is 0 Å². The van der Waals surface area contributed by atoms with E-state index in [0.717, 1.165) is 11.9 Å². The molecule has 1 atom stereocenters. The van der Waals surface area contributed by atoms with Gasteiger partial charge in [-0.15, -0.1) is 0 Å². The number of hydrogen-bond acceptors (Lipinski definition) is 2. The maximum absolute atomic E-state index is 12.8. The van der Waals surface area contributed by atoms with Crippen LogP contribution < -0.4 is 0 Å². The summed E-state index contributed by atoms with van der Waals surface area (Å²) in [5, 5.41) is 8.70. The quantitative estimate of drug-likeness (QED) is 0.748. The molecule has 0 aliphatic rings. The summed E-state index contributed by atoms with van der Waals surface area (Å²) in [7, 11) is 0. The zero-order valence-electron chi connectivity index (χ0n) is 7.58. The predicted molar refractivity (Wildman–Crippen MR) is 50.1 cm³/mol. The van der Waals surface area contributed by atoms with Crippen molar-refractivity contribution in [2.45, 2.75) is 12.8 Å². The van der Waals surface area contributed by atoms with Gasteiger partial charge in [-0.05, 0) is 13.0 Å². The molecule has 0 bridgehead atoms. The van der Waals surface area contributed by atoms with E-state index in [2.05, 4.69) is 16.0 Å². The van der Waals surface area contributed by atoms with Crippen molar-refractivity contribution >= 4 is 11.0 Å². The van der Waals surface area contributed by atoms with Crippen molar-refractivity contribution in [2.24, 2.45) is 0 Å². The molecule has 1 unspecified atom stereocenters. The van der Waals surface area contributed by atoms with E-state index < -0.39 is 0 Å². The van der Waals surface area contributed by atoms with Crippen LogP contribution in [0.1, 0.15) is 18.5 Å². The lowest BCUT2D eigenvalue weighted by Gasteiger charge is -1.94. The van der Waals surface area contributed by atoms with Gasteiger partial charge in [0, 0.05) is 11.8 Å². The highest BCUT2D eigenvalue weighted by Crippen LogP contribution is 2.19. The van der Waals surface area contributed by atoms with E-state index in [-0.39, 0.29) is 11.7 Å². The third-order valence-electron chi connectivity index (χ3n) is 2.12. The van der Waals surface area contributed by atoms with E-state index in [0.29, 0.717) is 11.0 Å². The Kier molecular flexibility index (Phi) is 1.93. The first-order valence-corrected chi connectivity index (χ1v) is 4.24. The van der Waals surface area contributed by atoms with Gasteiger partial charge in [0.2, 0.25) is 0 Å². The van der Waals surface area contributed by atoms with Crippen LogP contribution in [0.4, 0.5) is 4.39 Å². The largest absolute Gasteiger partial charge is 0.356 e. The smallest absolute Gasteiger partial charge is 0.143 e. The van der Waals surface area contributed by atoms with Gasteiger partial charge in [-0.2, -0.15) is 5.26 Å². The lowest BCUT2D eigenvalue weighted by Crippen LogP contribution is -1.87. The predicted octanol–water partition coefficient (Wildman–Crippen LogP) is 2.33. The maximum Gasteiger partial charge on any atom is 0.143 e. The van der Waals surface area contributed by atoms with Gasteiger partial charge < -0.3 is 4.98 Å². The minimum atomic E-state index is -0.379. The minimum absolute atomic E-state index is 0.229. The van der Waals surface area contributed by atoms with Crippen molar-refractivity contribution in [3.63, 3.8) is 0 Å². The second kappa shape index (κ2) is 3.11. The second-order valence-electron chi connectivity index (χ2n) is 3.16. The molecule has 0 amide bonds. The summed E-state index contributed by atoms with van der Waals surface area (Å²) in [5.41, 5.74) is 2.08. The molecular weight excluding hydrogens is 181 g/mol. The average molecular weight is 189 g/mol. The molecule has 0 saturated heterocycles. The average Bonchev–Trinajstić information content (AvgIpc) is 2.59. The monoisotopic (exact) mass is 189 g/mol. The van der Waals surface area contributed by atoms with E-state index in [1.807, 2.05) is 0 Å². The number of pyridine rings is 1. The second-order valence-corrected chi connectivity index (χ2v) is 3.16. The summed E-state index contributed by atoms with van der Waals surface area (Å²) in [6, 6.07) is 5.24. The Labute approximate surface area is 80.2 Å². The van der Waals surface area contributed by atoms with Gasteiger partial charge in [-0.3, -0.25) is 4.98 Å². The van der Waals surface area contributed by atoms with Gasteiger partial charge in [-0.25, -0.2) is 4.39 Å². The highest BCUT2D eigenvalue weighted by atomic mass is 19.1. The number of nitrogens with zero attached hydrogens (tertiary/aromatic N) is 2. The van der Waals surface area contributed by atoms with E-state index in [1.165, 1.54) is 6.07 Å². The Hall–Kier alpha value is -1.89. The molecular formula is C10H8FN3. The summed E-state index contributed by atoms with van der Waals surface area (Å²) in [6.45, 7) is 1.78. The highest BCUT2D eigenvalue weighted by Gasteiger charge is 2.08. The van der Waals surface area contributed by atoms with Gasteiger partial charge in [0.05, 0.1) is 29.2 Å². The van der Waals surface area contributed by atoms with E-state index in [4.69, 9.17) is 5.26 Å². The summed E-state index contributed by atoms with van der Waals surface area (Å²) in [4.78, 5) is 6.86. The SMILES string of the molecule is CC(C#N)c1cc2ncc(F)cc2[nH]1. The van der Waals surface area contributed by atoms with E-state index >= 15 is 0 Å². The fraction of sp³-hybridized carbons (Fsp3) is 0.200. The normalized spacial score (nSPS) is 12.6. The molecule has 2 rings (SSSR count). The number of nitriles is 1. The summed E-state index contributed by atoms with van der Waals surface area (Å²) >= 11 is 0. The maximum atomic E-state index is 12.8. The van der Waals surface area contributed by atoms with Crippen LogP contribution >= 0.6 is 0 Å². The molecule has 2 heterocycles. The third kappa shape index (κ3) is 1.33. The number of hydrogen-bond donors (Lipinski definition) is 1. The molecule has 0 aliphatic heterocycles. The Morgan fingerprint density at radius 1 is 1.57 bits per heavy atom. The standard InChI is InChI=1S/C10H8FN3/c1-6(4-12)8-3-9-10(14-8)2-7(11)5-13-9/h2-3,5-6,14H,1H3. The summed E-state index contributed by atoms with van der Waals surface area (Å²) in [5.74, 6) is -0.609. The molecule has 0 aliphatic carbocycles. The van der Waals surface area contributed by atoms with E-state index in [9.17, 15) is 4.39 Å². The number of aromatic nitrogens is 2. The fourth-order valence-electron chi connectivity index (χ4n) is 1.31. The van der Waals surface area contributed by atoms with Crippen LogP contribution in [0.2, 0.25) is 0 Å². The van der Waals surface area contributed by atoms with Gasteiger partial charge in [0.1, 0.15) is 5.82 Å². The van der Waals surface area contributed by atoms with Crippen molar-refractivity contribution in [2.75, 3.05) is 0 Å². The van der Waals surface area contributed by atoms with Crippen molar-refractivity contribution in [1.82, 2.24) is 9.97 Å². The molecule has 14 heavy (non-hydrogen) atoms. The lowest BCUT2D eigenvalue weighted by atomic mass is 10.1. The molecule has 4 heteroatoms. The van der Waals surface area contributed by atoms with Crippen LogP contribution in [0.3, 0.4) is 0 Å². The molecule has 1 N–H and O–H groups in total. The van der Waals surface area contributed by atoms with Crippen LogP contribution in [-0.4, -0.2) is 9.97 Å². The van der Waals surface area contributed by atoms with Crippen molar-refractivity contribution < 1.29 is 4.39 Å². The van der Waals surface area contributed by atoms with Crippen molar-refractivity contribution in [3.05, 3.63) is 29.8 Å². The molecule has 2 aromatic rings. The zero-order chi connectivity index (χ0) is 10.1. The number of rotatable bonds is 1. The molecule has 0 fully saturated rings. The first-order valence-electron chi connectivity index (χ1n) is 4.24. The van der Waals surface area contributed by atoms with Crippen LogP contribution in [-0.2, 0) is 0 Å². The number of fused-ring (bicyclic) bond motifs is 1. The Bertz CT molecular complexity index is 510. The third-order valence-corrected chi connectivity index (χ3v) is 2.12. The van der Waals surface area contributed by atoms with Crippen LogP contribution in [0.25, 0.3) is 11.0 Å². The van der Waals surface area contributed by atoms with Crippen LogP contribution in [0.15, 0.2) is 18.3 Å². The Morgan fingerprint density at radius 3 is 3.07 bits per heavy atom. The minimum Gasteiger partial charge on any atom is -0.356 e. The lowest BCUT2D eigenvalue weighted by molar-refractivity contribution is 0.624. The fourth-order valence-corrected chi connectivity index (χ4v) is 1.31. The summed E-state index contributed by atoms with van der Waals surface area (Å²) < 4.78 is 12.8. The molecule has 70 valence electrons. The molecule has 0 spiro atoms. The number of nitrogens with one attached hydrogen (secondary N) is 1. The number of aromatic amines is 1. The first-order chi connectivity index (χ1) is 6.70. The van der Waals surface area contributed by atoms with Crippen LogP contribution in [0.5, 0.6) is 0 Å². The first kappa shape index (κ1) is 8.70. The molecule has 3 nitrogen and oxygen atoms in total. The molecule has 2 aromatic heterocycles.